The molecule has 0 atom stereocenters. The molecular weight excluding hydrogens is 466 g/mol. The summed E-state index contributed by atoms with van der Waals surface area (Å²) in [5.41, 5.74) is 8.45. The van der Waals surface area contributed by atoms with Crippen LogP contribution in [0.2, 0.25) is 0 Å². The second-order valence-corrected chi connectivity index (χ2v) is 8.51. The van der Waals surface area contributed by atoms with E-state index >= 15 is 0 Å². The third-order valence-corrected chi connectivity index (χ3v) is 5.52. The van der Waals surface area contributed by atoms with Crippen LogP contribution in [0.3, 0.4) is 0 Å². The fraction of sp³-hybridized carbons (Fsp3) is 0.222. The molecule has 0 saturated heterocycles. The number of aromatic nitrogens is 4. The van der Waals surface area contributed by atoms with Crippen molar-refractivity contribution in [2.75, 3.05) is 27.9 Å². The van der Waals surface area contributed by atoms with Crippen molar-refractivity contribution in [1.29, 1.82) is 0 Å². The molecule has 1 fully saturated rings. The van der Waals surface area contributed by atoms with E-state index in [0.29, 0.717) is 41.3 Å². The first-order valence-electron chi connectivity index (χ1n) is 12.2. The minimum absolute atomic E-state index is 0.226. The standard InChI is InChI=1S/C22H26N8O.C5H5N/c1-2-25-21-27-19(15-11-12-15)28-22(29-21)30(24)13-14-7-9-16(10-8-14)20(31)26-18-6-4-3-5-17(18)23;1-2-4-6-5-3-1/h3-10,15H,2,11-13,23-24H2,1H3,(H,26,31)(H,25,27,28,29);1-5H. The van der Waals surface area contributed by atoms with Crippen molar-refractivity contribution in [1.82, 2.24) is 19.9 Å². The Hall–Kier alpha value is -4.57. The lowest BCUT2D eigenvalue weighted by molar-refractivity contribution is 0.102. The molecule has 0 bridgehead atoms. The molecule has 0 aliphatic heterocycles. The van der Waals surface area contributed by atoms with E-state index in [4.69, 9.17) is 11.6 Å². The fourth-order valence-electron chi connectivity index (χ4n) is 3.42. The molecule has 2 aromatic heterocycles. The Morgan fingerprint density at radius 3 is 2.30 bits per heavy atom. The molecule has 1 amide bonds. The Morgan fingerprint density at radius 2 is 1.70 bits per heavy atom. The number of anilines is 4. The van der Waals surface area contributed by atoms with Gasteiger partial charge in [-0.25, -0.2) is 5.84 Å². The summed E-state index contributed by atoms with van der Waals surface area (Å²) >= 11 is 0. The summed E-state index contributed by atoms with van der Waals surface area (Å²) in [5, 5.41) is 7.45. The van der Waals surface area contributed by atoms with Gasteiger partial charge < -0.3 is 16.4 Å². The minimum Gasteiger partial charge on any atom is -0.397 e. The Bertz CT molecular complexity index is 1270. The highest BCUT2D eigenvalue weighted by molar-refractivity contribution is 6.05. The van der Waals surface area contributed by atoms with Gasteiger partial charge in [0, 0.05) is 30.4 Å². The quantitative estimate of drug-likeness (QED) is 0.161. The van der Waals surface area contributed by atoms with Crippen LogP contribution in [0.1, 0.15) is 47.4 Å². The van der Waals surface area contributed by atoms with E-state index in [1.165, 1.54) is 5.01 Å². The molecule has 1 aliphatic rings. The Morgan fingerprint density at radius 1 is 0.973 bits per heavy atom. The van der Waals surface area contributed by atoms with Crippen LogP contribution in [0.15, 0.2) is 79.1 Å². The van der Waals surface area contributed by atoms with Crippen molar-refractivity contribution in [3.63, 3.8) is 0 Å². The fourth-order valence-corrected chi connectivity index (χ4v) is 3.42. The maximum absolute atomic E-state index is 12.5. The highest BCUT2D eigenvalue weighted by Gasteiger charge is 2.28. The Balaban J connectivity index is 0.000000469. The van der Waals surface area contributed by atoms with E-state index < -0.39 is 0 Å². The van der Waals surface area contributed by atoms with Crippen molar-refractivity contribution in [2.24, 2.45) is 5.84 Å². The number of amides is 1. The van der Waals surface area contributed by atoms with Gasteiger partial charge in [0.05, 0.1) is 17.9 Å². The van der Waals surface area contributed by atoms with Crippen molar-refractivity contribution in [3.05, 3.63) is 96.1 Å². The number of hydrogen-bond donors (Lipinski definition) is 4. The molecular formula is C27H31N9O. The van der Waals surface area contributed by atoms with Crippen LogP contribution in [0.4, 0.5) is 23.3 Å². The second kappa shape index (κ2) is 12.4. The normalized spacial score (nSPS) is 12.2. The van der Waals surface area contributed by atoms with Gasteiger partial charge in [0.2, 0.25) is 11.9 Å². The summed E-state index contributed by atoms with van der Waals surface area (Å²) in [7, 11) is 0. The maximum Gasteiger partial charge on any atom is 0.255 e. The predicted octanol–water partition coefficient (Wildman–Crippen LogP) is 3.98. The summed E-state index contributed by atoms with van der Waals surface area (Å²) < 4.78 is 0. The first-order valence-corrected chi connectivity index (χ1v) is 12.2. The SMILES string of the molecule is CCNc1nc(C2CC2)nc(N(N)Cc2ccc(C(=O)Nc3ccccc3N)cc2)n1.c1ccncc1. The monoisotopic (exact) mass is 497 g/mol. The van der Waals surface area contributed by atoms with E-state index in [9.17, 15) is 4.79 Å². The molecule has 2 aromatic carbocycles. The average molecular weight is 498 g/mol. The van der Waals surface area contributed by atoms with Crippen LogP contribution < -0.4 is 27.2 Å². The summed E-state index contributed by atoms with van der Waals surface area (Å²) in [6.07, 6.45) is 5.69. The van der Waals surface area contributed by atoms with Gasteiger partial charge in [-0.05, 0) is 61.7 Å². The number of nitrogen functional groups attached to an aromatic ring is 1. The number of carbonyl (C=O) groups excluding carboxylic acids is 1. The number of nitrogens with two attached hydrogens (primary N) is 2. The van der Waals surface area contributed by atoms with Crippen LogP contribution in [-0.2, 0) is 6.54 Å². The number of hydrazine groups is 1. The predicted molar refractivity (Wildman–Crippen MR) is 146 cm³/mol. The Labute approximate surface area is 216 Å². The molecule has 10 nitrogen and oxygen atoms in total. The van der Waals surface area contributed by atoms with E-state index in [1.54, 1.807) is 36.7 Å². The highest BCUT2D eigenvalue weighted by atomic mass is 16.1. The zero-order chi connectivity index (χ0) is 26.0. The summed E-state index contributed by atoms with van der Waals surface area (Å²) in [4.78, 5) is 29.7. The van der Waals surface area contributed by atoms with Crippen LogP contribution in [0.25, 0.3) is 0 Å². The molecule has 2 heterocycles. The van der Waals surface area contributed by atoms with Gasteiger partial charge >= 0.3 is 0 Å². The lowest BCUT2D eigenvalue weighted by Crippen LogP contribution is -2.32. The molecule has 0 radical (unpaired) electrons. The molecule has 0 spiro atoms. The minimum atomic E-state index is -0.226. The molecule has 10 heteroatoms. The molecule has 1 aliphatic carbocycles. The molecule has 4 aromatic rings. The Kier molecular flexibility index (Phi) is 8.56. The van der Waals surface area contributed by atoms with E-state index in [1.807, 2.05) is 49.4 Å². The van der Waals surface area contributed by atoms with Crippen molar-refractivity contribution < 1.29 is 4.79 Å². The molecule has 0 unspecified atom stereocenters. The number of nitrogens with zero attached hydrogens (tertiary/aromatic N) is 5. The average Bonchev–Trinajstić information content (AvgIpc) is 3.78. The smallest absolute Gasteiger partial charge is 0.255 e. The zero-order valence-electron chi connectivity index (χ0n) is 20.7. The molecule has 190 valence electrons. The number of benzene rings is 2. The van der Waals surface area contributed by atoms with Crippen LogP contribution in [0.5, 0.6) is 0 Å². The van der Waals surface area contributed by atoms with Gasteiger partial charge in [0.1, 0.15) is 5.82 Å². The van der Waals surface area contributed by atoms with Crippen molar-refractivity contribution in [3.8, 4) is 0 Å². The lowest BCUT2D eigenvalue weighted by atomic mass is 10.1. The number of para-hydroxylation sites is 2. The van der Waals surface area contributed by atoms with E-state index in [2.05, 4.69) is 30.6 Å². The van der Waals surface area contributed by atoms with Gasteiger partial charge in [0.25, 0.3) is 5.91 Å². The summed E-state index contributed by atoms with van der Waals surface area (Å²) in [5.74, 6) is 8.17. The number of pyridine rings is 1. The third kappa shape index (κ3) is 7.45. The second-order valence-electron chi connectivity index (χ2n) is 8.51. The van der Waals surface area contributed by atoms with Gasteiger partial charge in [0.15, 0.2) is 0 Å². The first-order chi connectivity index (χ1) is 18.0. The van der Waals surface area contributed by atoms with Crippen LogP contribution in [-0.4, -0.2) is 32.4 Å². The zero-order valence-corrected chi connectivity index (χ0v) is 20.7. The van der Waals surface area contributed by atoms with Crippen molar-refractivity contribution >= 4 is 29.2 Å². The number of hydrogen-bond acceptors (Lipinski definition) is 9. The first kappa shape index (κ1) is 25.5. The lowest BCUT2D eigenvalue weighted by Gasteiger charge is -2.18. The van der Waals surface area contributed by atoms with Gasteiger partial charge in [-0.15, -0.1) is 0 Å². The van der Waals surface area contributed by atoms with E-state index in [-0.39, 0.29) is 5.91 Å². The largest absolute Gasteiger partial charge is 0.397 e. The van der Waals surface area contributed by atoms with Gasteiger partial charge in [-0.3, -0.25) is 14.8 Å². The number of nitrogens with one attached hydrogen (secondary N) is 2. The molecule has 6 N–H and O–H groups in total. The maximum atomic E-state index is 12.5. The number of carbonyl (C=O) groups is 1. The number of rotatable bonds is 8. The third-order valence-electron chi connectivity index (χ3n) is 5.52. The molecule has 1 saturated carbocycles. The molecule has 37 heavy (non-hydrogen) atoms. The van der Waals surface area contributed by atoms with Crippen molar-refractivity contribution in [2.45, 2.75) is 32.2 Å². The van der Waals surface area contributed by atoms with E-state index in [0.717, 1.165) is 30.8 Å². The topological polar surface area (TPSA) is 148 Å². The highest BCUT2D eigenvalue weighted by Crippen LogP contribution is 2.38. The van der Waals surface area contributed by atoms with Gasteiger partial charge in [-0.2, -0.15) is 15.0 Å². The van der Waals surface area contributed by atoms with Crippen LogP contribution >= 0.6 is 0 Å². The summed E-state index contributed by atoms with van der Waals surface area (Å²) in [6.45, 7) is 3.10. The van der Waals surface area contributed by atoms with Gasteiger partial charge in [-0.1, -0.05) is 30.3 Å². The summed E-state index contributed by atoms with van der Waals surface area (Å²) in [6, 6.07) is 20.1. The van der Waals surface area contributed by atoms with Crippen LogP contribution in [0, 0.1) is 0 Å². The molecule has 5 rings (SSSR count).